The molecule has 0 amide bonds. The van der Waals surface area contributed by atoms with Gasteiger partial charge in [0.2, 0.25) is 10.0 Å². The van der Waals surface area contributed by atoms with Crippen LogP contribution in [0.5, 0.6) is 5.75 Å². The van der Waals surface area contributed by atoms with Crippen molar-refractivity contribution >= 4 is 27.3 Å². The minimum Gasteiger partial charge on any atom is -0.496 e. The summed E-state index contributed by atoms with van der Waals surface area (Å²) in [5, 5.41) is 5.85. The fraction of sp³-hybridized carbons (Fsp3) is 0.250. The van der Waals surface area contributed by atoms with Gasteiger partial charge in [-0.15, -0.1) is 0 Å². The summed E-state index contributed by atoms with van der Waals surface area (Å²) in [6, 6.07) is 10.5. The van der Waals surface area contributed by atoms with Gasteiger partial charge < -0.3 is 9.64 Å². The summed E-state index contributed by atoms with van der Waals surface area (Å²) in [5.41, 5.74) is 2.99. The van der Waals surface area contributed by atoms with Crippen LogP contribution < -0.4 is 14.8 Å². The topological polar surface area (TPSA) is 72.6 Å². The maximum atomic E-state index is 11.5. The van der Waals surface area contributed by atoms with Crippen molar-refractivity contribution in [2.24, 2.45) is 5.14 Å². The number of halogens is 1. The molecular formula is C16H17ClN2O3S. The average molecular weight is 353 g/mol. The van der Waals surface area contributed by atoms with E-state index in [4.69, 9.17) is 21.5 Å². The van der Waals surface area contributed by atoms with E-state index in [1.165, 1.54) is 0 Å². The van der Waals surface area contributed by atoms with E-state index in [2.05, 4.69) is 4.90 Å². The van der Waals surface area contributed by atoms with Crippen molar-refractivity contribution < 1.29 is 13.2 Å². The minimum atomic E-state index is -3.67. The molecule has 0 bridgehead atoms. The molecular weight excluding hydrogens is 336 g/mol. The molecule has 0 unspecified atom stereocenters. The highest BCUT2D eigenvalue weighted by molar-refractivity contribution is 7.89. The number of anilines is 1. The lowest BCUT2D eigenvalue weighted by molar-refractivity contribution is 0.409. The predicted octanol–water partition coefficient (Wildman–Crippen LogP) is 2.56. The summed E-state index contributed by atoms with van der Waals surface area (Å²) in [6.07, 6.45) is 0.779. The lowest BCUT2D eigenvalue weighted by Crippen LogP contribution is -2.20. The number of primary sulfonamides is 1. The fourth-order valence-electron chi connectivity index (χ4n) is 2.86. The number of nitrogens with zero attached hydrogens (tertiary/aromatic N) is 1. The monoisotopic (exact) mass is 352 g/mol. The van der Waals surface area contributed by atoms with Crippen molar-refractivity contribution in [3.05, 3.63) is 52.5 Å². The molecule has 0 atom stereocenters. The smallest absolute Gasteiger partial charge is 0.238 e. The molecule has 0 aromatic heterocycles. The van der Waals surface area contributed by atoms with Crippen molar-refractivity contribution in [3.63, 3.8) is 0 Å². The van der Waals surface area contributed by atoms with Crippen molar-refractivity contribution in [2.75, 3.05) is 18.6 Å². The number of rotatable bonds is 4. The highest BCUT2D eigenvalue weighted by Crippen LogP contribution is 2.33. The van der Waals surface area contributed by atoms with Gasteiger partial charge in [-0.1, -0.05) is 11.6 Å². The Hall–Kier alpha value is -1.76. The normalized spacial score (nSPS) is 14.0. The van der Waals surface area contributed by atoms with Crippen LogP contribution in [-0.2, 0) is 23.0 Å². The average Bonchev–Trinajstić information content (AvgIpc) is 2.89. The summed E-state index contributed by atoms with van der Waals surface area (Å²) < 4.78 is 28.3. The number of hydrogen-bond acceptors (Lipinski definition) is 4. The van der Waals surface area contributed by atoms with Gasteiger partial charge in [0, 0.05) is 29.4 Å². The number of benzene rings is 2. The van der Waals surface area contributed by atoms with Gasteiger partial charge in [-0.05, 0) is 48.4 Å². The van der Waals surface area contributed by atoms with E-state index in [1.807, 2.05) is 12.1 Å². The van der Waals surface area contributed by atoms with Gasteiger partial charge in [-0.25, -0.2) is 13.6 Å². The fourth-order valence-corrected chi connectivity index (χ4v) is 3.62. The summed E-state index contributed by atoms with van der Waals surface area (Å²) in [6.45, 7) is 1.45. The van der Waals surface area contributed by atoms with E-state index in [0.29, 0.717) is 11.6 Å². The van der Waals surface area contributed by atoms with Crippen LogP contribution in [-0.4, -0.2) is 22.1 Å². The molecule has 1 aliphatic heterocycles. The Labute approximate surface area is 140 Å². The quantitative estimate of drug-likeness (QED) is 0.917. The van der Waals surface area contributed by atoms with E-state index in [0.717, 1.165) is 35.5 Å². The van der Waals surface area contributed by atoms with E-state index < -0.39 is 10.0 Å². The number of sulfonamides is 1. The van der Waals surface area contributed by atoms with Crippen molar-refractivity contribution in [3.8, 4) is 5.75 Å². The van der Waals surface area contributed by atoms with Gasteiger partial charge in [-0.3, -0.25) is 0 Å². The molecule has 122 valence electrons. The van der Waals surface area contributed by atoms with Crippen LogP contribution in [0.3, 0.4) is 0 Å². The second kappa shape index (κ2) is 6.03. The van der Waals surface area contributed by atoms with Crippen molar-refractivity contribution in [1.29, 1.82) is 0 Å². The summed E-state index contributed by atoms with van der Waals surface area (Å²) in [4.78, 5) is 2.33. The van der Waals surface area contributed by atoms with Crippen LogP contribution in [0.15, 0.2) is 41.3 Å². The molecule has 5 nitrogen and oxygen atoms in total. The third-order valence-corrected chi connectivity index (χ3v) is 5.12. The van der Waals surface area contributed by atoms with Crippen LogP contribution in [0.4, 0.5) is 5.69 Å². The van der Waals surface area contributed by atoms with Crippen molar-refractivity contribution in [2.45, 2.75) is 17.9 Å². The highest BCUT2D eigenvalue weighted by Gasteiger charge is 2.22. The molecule has 0 aliphatic carbocycles. The van der Waals surface area contributed by atoms with E-state index in [1.54, 1.807) is 31.4 Å². The second-order valence-electron chi connectivity index (χ2n) is 5.46. The zero-order valence-corrected chi connectivity index (χ0v) is 14.2. The Kier molecular flexibility index (Phi) is 4.23. The number of nitrogens with two attached hydrogens (primary N) is 1. The molecule has 0 radical (unpaired) electrons. The first-order chi connectivity index (χ1) is 10.9. The molecule has 2 aromatic rings. The number of hydrogen-bond donors (Lipinski definition) is 1. The molecule has 0 spiro atoms. The van der Waals surface area contributed by atoms with Gasteiger partial charge in [0.25, 0.3) is 0 Å². The molecule has 0 saturated carbocycles. The third kappa shape index (κ3) is 3.29. The first kappa shape index (κ1) is 16.1. The predicted molar refractivity (Wildman–Crippen MR) is 90.6 cm³/mol. The molecule has 1 heterocycles. The molecule has 3 rings (SSSR count). The van der Waals surface area contributed by atoms with Crippen molar-refractivity contribution in [1.82, 2.24) is 0 Å². The molecule has 1 aliphatic rings. The number of methoxy groups -OCH3 is 1. The van der Waals surface area contributed by atoms with E-state index in [9.17, 15) is 8.42 Å². The third-order valence-electron chi connectivity index (χ3n) is 3.97. The molecule has 2 N–H and O–H groups in total. The molecule has 0 fully saturated rings. The van der Waals surface area contributed by atoms with Crippen LogP contribution in [0.25, 0.3) is 0 Å². The van der Waals surface area contributed by atoms with Gasteiger partial charge >= 0.3 is 0 Å². The lowest BCUT2D eigenvalue weighted by atomic mass is 10.1. The van der Waals surface area contributed by atoms with Crippen LogP contribution in [0.2, 0.25) is 5.02 Å². The van der Waals surface area contributed by atoms with Crippen LogP contribution in [0.1, 0.15) is 11.1 Å². The standard InChI is InChI=1S/C16H17ClN2O3S/c1-22-16-5-2-13(17)8-12(16)10-19-7-6-11-9-14(23(18,20)21)3-4-15(11)19/h2-5,8-9H,6-7,10H2,1H3,(H2,18,20,21). The first-order valence-electron chi connectivity index (χ1n) is 7.11. The Balaban J connectivity index is 1.91. The summed E-state index contributed by atoms with van der Waals surface area (Å²) >= 11 is 6.08. The largest absolute Gasteiger partial charge is 0.496 e. The lowest BCUT2D eigenvalue weighted by Gasteiger charge is -2.21. The second-order valence-corrected chi connectivity index (χ2v) is 7.46. The van der Waals surface area contributed by atoms with Gasteiger partial charge in [0.15, 0.2) is 0 Å². The summed E-state index contributed by atoms with van der Waals surface area (Å²) in [5.74, 6) is 0.781. The molecule has 0 saturated heterocycles. The first-order valence-corrected chi connectivity index (χ1v) is 9.04. The zero-order chi connectivity index (χ0) is 16.6. The van der Waals surface area contributed by atoms with Gasteiger partial charge in [0.05, 0.1) is 12.0 Å². The minimum absolute atomic E-state index is 0.151. The van der Waals surface area contributed by atoms with Gasteiger partial charge in [-0.2, -0.15) is 0 Å². The molecule has 2 aromatic carbocycles. The van der Waals surface area contributed by atoms with Crippen LogP contribution >= 0.6 is 11.6 Å². The Morgan fingerprint density at radius 1 is 1.26 bits per heavy atom. The van der Waals surface area contributed by atoms with E-state index in [-0.39, 0.29) is 4.90 Å². The maximum Gasteiger partial charge on any atom is 0.238 e. The molecule has 23 heavy (non-hydrogen) atoms. The number of ether oxygens (including phenoxy) is 1. The Morgan fingerprint density at radius 3 is 2.74 bits per heavy atom. The molecule has 7 heteroatoms. The Morgan fingerprint density at radius 2 is 2.04 bits per heavy atom. The summed E-state index contributed by atoms with van der Waals surface area (Å²) in [7, 11) is -2.04. The highest BCUT2D eigenvalue weighted by atomic mass is 35.5. The van der Waals surface area contributed by atoms with Crippen LogP contribution in [0, 0.1) is 0 Å². The zero-order valence-electron chi connectivity index (χ0n) is 12.6. The maximum absolute atomic E-state index is 11.5. The Bertz CT molecular complexity index is 852. The number of fused-ring (bicyclic) bond motifs is 1. The van der Waals surface area contributed by atoms with E-state index >= 15 is 0 Å². The SMILES string of the molecule is COc1ccc(Cl)cc1CN1CCc2cc(S(N)(=O)=O)ccc21. The van der Waals surface area contributed by atoms with Gasteiger partial charge in [0.1, 0.15) is 5.75 Å².